The molecule has 0 spiro atoms. The SMILES string of the molecule is C[N+](C)(C)CC(O)CC(=O)[O-].Cl.Cl.NCCCC(N)C(=O)O. The molecule has 0 amide bonds. The molecule has 0 aromatic carbocycles. The molecular weight excluding hydrogens is 337 g/mol. The standard InChI is InChI=1S/C7H15NO3.C5H12N2O2.2ClH/c1-8(2,3)5-6(9)4-7(10)11;6-3-1-2-4(7)5(8)9;;/h6,9H,4-5H2,1-3H3;4H,1-3,6-7H2,(H,8,9);2*1H. The molecule has 0 heterocycles. The average molecular weight is 366 g/mol. The van der Waals surface area contributed by atoms with Crippen molar-refractivity contribution in [3.63, 3.8) is 0 Å². The molecule has 0 saturated carbocycles. The maximum atomic E-state index is 10.0. The van der Waals surface area contributed by atoms with Gasteiger partial charge in [-0.2, -0.15) is 0 Å². The Morgan fingerprint density at radius 3 is 1.95 bits per heavy atom. The minimum absolute atomic E-state index is 0. The maximum Gasteiger partial charge on any atom is 0.320 e. The molecule has 0 saturated heterocycles. The lowest BCUT2D eigenvalue weighted by Gasteiger charge is -2.26. The number of quaternary nitrogens is 1. The van der Waals surface area contributed by atoms with Crippen LogP contribution in [0.4, 0.5) is 0 Å². The zero-order valence-electron chi connectivity index (χ0n) is 13.2. The molecule has 0 aliphatic heterocycles. The minimum atomic E-state index is -1.20. The Kier molecular flexibility index (Phi) is 20.4. The number of aliphatic hydroxyl groups excluding tert-OH is 1. The van der Waals surface area contributed by atoms with Gasteiger partial charge in [0.15, 0.2) is 0 Å². The first-order valence-electron chi connectivity index (χ1n) is 6.36. The number of nitrogens with zero attached hydrogens (tertiary/aromatic N) is 1. The van der Waals surface area contributed by atoms with E-state index in [1.165, 1.54) is 0 Å². The van der Waals surface area contributed by atoms with Gasteiger partial charge >= 0.3 is 5.97 Å². The van der Waals surface area contributed by atoms with Crippen LogP contribution >= 0.6 is 24.8 Å². The molecule has 0 aliphatic rings. The summed E-state index contributed by atoms with van der Waals surface area (Å²) in [5, 5.41) is 27.4. The van der Waals surface area contributed by atoms with E-state index in [-0.39, 0.29) is 31.2 Å². The first-order chi connectivity index (χ1) is 8.99. The smallest absolute Gasteiger partial charge is 0.320 e. The van der Waals surface area contributed by atoms with E-state index >= 15 is 0 Å². The van der Waals surface area contributed by atoms with Crippen molar-refractivity contribution < 1.29 is 29.4 Å². The molecule has 0 fully saturated rings. The lowest BCUT2D eigenvalue weighted by atomic mass is 10.2. The predicted molar refractivity (Wildman–Crippen MR) is 86.9 cm³/mol. The van der Waals surface area contributed by atoms with Crippen LogP contribution in [0.1, 0.15) is 19.3 Å². The van der Waals surface area contributed by atoms with E-state index in [1.807, 2.05) is 21.1 Å². The highest BCUT2D eigenvalue weighted by Crippen LogP contribution is 1.97. The summed E-state index contributed by atoms with van der Waals surface area (Å²) in [6.07, 6.45) is 0.0504. The summed E-state index contributed by atoms with van der Waals surface area (Å²) in [6.45, 7) is 0.926. The van der Waals surface area contributed by atoms with Crippen molar-refractivity contribution in [1.29, 1.82) is 0 Å². The summed E-state index contributed by atoms with van der Waals surface area (Å²) >= 11 is 0. The lowest BCUT2D eigenvalue weighted by Crippen LogP contribution is -2.43. The molecule has 0 rings (SSSR count). The molecular formula is C12H29Cl2N3O5. The van der Waals surface area contributed by atoms with Crippen molar-refractivity contribution in [2.24, 2.45) is 11.5 Å². The molecule has 2 atom stereocenters. The zero-order valence-corrected chi connectivity index (χ0v) is 14.9. The summed E-state index contributed by atoms with van der Waals surface area (Å²) in [4.78, 5) is 20.1. The molecule has 10 heteroatoms. The summed E-state index contributed by atoms with van der Waals surface area (Å²) in [6, 6.07) is -0.742. The van der Waals surface area contributed by atoms with Crippen molar-refractivity contribution >= 4 is 36.8 Å². The van der Waals surface area contributed by atoms with Gasteiger partial charge in [-0.1, -0.05) is 0 Å². The Morgan fingerprint density at radius 1 is 1.23 bits per heavy atom. The van der Waals surface area contributed by atoms with Crippen molar-refractivity contribution in [2.45, 2.75) is 31.4 Å². The Bertz CT molecular complexity index is 301. The summed E-state index contributed by atoms with van der Waals surface area (Å²) in [5.74, 6) is -2.16. The predicted octanol–water partition coefficient (Wildman–Crippen LogP) is -1.83. The summed E-state index contributed by atoms with van der Waals surface area (Å²) in [5.41, 5.74) is 10.3. The molecule has 6 N–H and O–H groups in total. The number of carbonyl (C=O) groups is 2. The van der Waals surface area contributed by atoms with Crippen molar-refractivity contribution in [1.82, 2.24) is 0 Å². The van der Waals surface area contributed by atoms with Crippen LogP contribution in [0, 0.1) is 0 Å². The Morgan fingerprint density at radius 2 is 1.68 bits per heavy atom. The Labute approximate surface area is 143 Å². The number of carboxylic acid groups (broad SMARTS) is 2. The van der Waals surface area contributed by atoms with E-state index in [0.29, 0.717) is 30.4 Å². The van der Waals surface area contributed by atoms with Crippen molar-refractivity contribution in [3.05, 3.63) is 0 Å². The quantitative estimate of drug-likeness (QED) is 0.369. The van der Waals surface area contributed by atoms with Gasteiger partial charge in [-0.15, -0.1) is 24.8 Å². The zero-order chi connectivity index (χ0) is 16.3. The van der Waals surface area contributed by atoms with E-state index < -0.39 is 24.1 Å². The number of hydrogen-bond acceptors (Lipinski definition) is 6. The number of aliphatic carboxylic acids is 2. The first-order valence-corrected chi connectivity index (χ1v) is 6.36. The second kappa shape index (κ2) is 15.3. The second-order valence-corrected chi connectivity index (χ2v) is 5.58. The van der Waals surface area contributed by atoms with Gasteiger partial charge in [-0.05, 0) is 19.4 Å². The monoisotopic (exact) mass is 365 g/mol. The molecule has 0 aromatic rings. The molecule has 22 heavy (non-hydrogen) atoms. The maximum absolute atomic E-state index is 10.0. The third-order valence-corrected chi connectivity index (χ3v) is 2.20. The van der Waals surface area contributed by atoms with E-state index in [2.05, 4.69) is 0 Å². The number of carbonyl (C=O) groups excluding carboxylic acids is 1. The third kappa shape index (κ3) is 24.4. The van der Waals surface area contributed by atoms with Crippen LogP contribution in [-0.4, -0.2) is 73.0 Å². The molecule has 0 aliphatic carbocycles. The molecule has 0 bridgehead atoms. The van der Waals surface area contributed by atoms with Crippen LogP contribution in [0.2, 0.25) is 0 Å². The number of carboxylic acids is 2. The number of rotatable bonds is 8. The van der Waals surface area contributed by atoms with Gasteiger partial charge < -0.3 is 36.1 Å². The Hall–Kier alpha value is -0.640. The van der Waals surface area contributed by atoms with E-state index in [1.54, 1.807) is 0 Å². The number of likely N-dealkylation sites (N-methyl/N-ethyl adjacent to an activating group) is 1. The second-order valence-electron chi connectivity index (χ2n) is 5.58. The number of halogens is 2. The van der Waals surface area contributed by atoms with Gasteiger partial charge in [-0.25, -0.2) is 0 Å². The fourth-order valence-corrected chi connectivity index (χ4v) is 1.35. The topological polar surface area (TPSA) is 150 Å². The molecule has 0 radical (unpaired) electrons. The fourth-order valence-electron chi connectivity index (χ4n) is 1.35. The molecule has 136 valence electrons. The average Bonchev–Trinajstić information content (AvgIpc) is 2.22. The Balaban J connectivity index is -0.000000137. The van der Waals surface area contributed by atoms with E-state index in [9.17, 15) is 14.7 Å². The van der Waals surface area contributed by atoms with Crippen LogP contribution in [0.5, 0.6) is 0 Å². The molecule has 8 nitrogen and oxygen atoms in total. The van der Waals surface area contributed by atoms with Crippen molar-refractivity contribution in [3.8, 4) is 0 Å². The van der Waals surface area contributed by atoms with Crippen LogP contribution in [0.3, 0.4) is 0 Å². The first kappa shape index (κ1) is 29.4. The normalized spacial score (nSPS) is 12.6. The summed E-state index contributed by atoms with van der Waals surface area (Å²) < 4.78 is 0.550. The number of hydrogen-bond donors (Lipinski definition) is 4. The van der Waals surface area contributed by atoms with Crippen molar-refractivity contribution in [2.75, 3.05) is 34.2 Å². The number of nitrogens with two attached hydrogens (primary N) is 2. The van der Waals surface area contributed by atoms with Crippen LogP contribution in [0.15, 0.2) is 0 Å². The minimum Gasteiger partial charge on any atom is -0.550 e. The van der Waals surface area contributed by atoms with Crippen LogP contribution in [0.25, 0.3) is 0 Å². The van der Waals surface area contributed by atoms with Crippen LogP contribution < -0.4 is 16.6 Å². The van der Waals surface area contributed by atoms with Gasteiger partial charge in [0.2, 0.25) is 0 Å². The van der Waals surface area contributed by atoms with Gasteiger partial charge in [0, 0.05) is 12.4 Å². The van der Waals surface area contributed by atoms with Gasteiger partial charge in [0.05, 0.1) is 21.1 Å². The number of aliphatic hydroxyl groups is 1. The molecule has 0 aromatic heterocycles. The molecule has 2 unspecified atom stereocenters. The van der Waals surface area contributed by atoms with Gasteiger partial charge in [0.1, 0.15) is 18.7 Å². The van der Waals surface area contributed by atoms with Crippen LogP contribution in [-0.2, 0) is 9.59 Å². The highest BCUT2D eigenvalue weighted by Gasteiger charge is 2.14. The van der Waals surface area contributed by atoms with E-state index in [0.717, 1.165) is 0 Å². The lowest BCUT2D eigenvalue weighted by molar-refractivity contribution is -0.873. The van der Waals surface area contributed by atoms with Gasteiger partial charge in [0.25, 0.3) is 0 Å². The largest absolute Gasteiger partial charge is 0.550 e. The highest BCUT2D eigenvalue weighted by molar-refractivity contribution is 5.85. The highest BCUT2D eigenvalue weighted by atomic mass is 35.5. The van der Waals surface area contributed by atoms with E-state index in [4.69, 9.17) is 21.7 Å². The fraction of sp³-hybridized carbons (Fsp3) is 0.833. The van der Waals surface area contributed by atoms with Gasteiger partial charge in [-0.3, -0.25) is 4.79 Å². The third-order valence-electron chi connectivity index (χ3n) is 2.20. The summed E-state index contributed by atoms with van der Waals surface area (Å²) in [7, 11) is 5.66.